The average Bonchev–Trinajstić information content (AvgIpc) is 3.28. The van der Waals surface area contributed by atoms with Gasteiger partial charge in [0.2, 0.25) is 0 Å². The van der Waals surface area contributed by atoms with Crippen LogP contribution in [0, 0.1) is 6.92 Å². The lowest BCUT2D eigenvalue weighted by atomic mass is 10.1. The van der Waals surface area contributed by atoms with Gasteiger partial charge in [0.05, 0.1) is 27.3 Å². The molecule has 0 spiro atoms. The van der Waals surface area contributed by atoms with E-state index in [1.54, 1.807) is 6.07 Å². The van der Waals surface area contributed by atoms with Crippen molar-refractivity contribution < 1.29 is 27.8 Å². The molecule has 31 heavy (non-hydrogen) atoms. The van der Waals surface area contributed by atoms with Gasteiger partial charge >= 0.3 is 12.1 Å². The van der Waals surface area contributed by atoms with Gasteiger partial charge in [-0.15, -0.1) is 22.7 Å². The number of thiazole rings is 2. The minimum atomic E-state index is -4.38. The Morgan fingerprint density at radius 2 is 1.84 bits per heavy atom. The molecule has 5 nitrogen and oxygen atoms in total. The fourth-order valence-corrected chi connectivity index (χ4v) is 4.88. The molecule has 0 saturated carbocycles. The monoisotopic (exact) mass is 464 g/mol. The fourth-order valence-electron chi connectivity index (χ4n) is 2.92. The minimum absolute atomic E-state index is 0.150. The smallest absolute Gasteiger partial charge is 0.416 e. The standard InChI is InChI=1S/C21H15F3N2O3S2/c1-11-16(31-20(25-11)12-5-7-13(8-6-12)21(22,23)24)10-29-14-3-2-4-15-19(14)26-17(30-15)9-18(27)28/h2-8H,9-10H2,1H3,(H,27,28). The third-order valence-electron chi connectivity index (χ3n) is 4.44. The Labute approximate surface area is 182 Å². The molecule has 4 aromatic rings. The van der Waals surface area contributed by atoms with Crippen LogP contribution in [0.2, 0.25) is 0 Å². The molecule has 0 atom stereocenters. The molecule has 160 valence electrons. The normalized spacial score (nSPS) is 11.7. The van der Waals surface area contributed by atoms with Gasteiger partial charge in [-0.25, -0.2) is 9.97 Å². The number of alkyl halides is 3. The molecule has 10 heteroatoms. The lowest BCUT2D eigenvalue weighted by Gasteiger charge is -2.06. The van der Waals surface area contributed by atoms with Crippen molar-refractivity contribution in [2.24, 2.45) is 0 Å². The van der Waals surface area contributed by atoms with E-state index in [1.807, 2.05) is 19.1 Å². The van der Waals surface area contributed by atoms with Crippen molar-refractivity contribution >= 4 is 38.9 Å². The number of carboxylic acids is 1. The first-order valence-electron chi connectivity index (χ1n) is 9.07. The second kappa shape index (κ2) is 8.27. The lowest BCUT2D eigenvalue weighted by molar-refractivity contribution is -0.138. The van der Waals surface area contributed by atoms with E-state index in [1.165, 1.54) is 34.8 Å². The van der Waals surface area contributed by atoms with E-state index in [2.05, 4.69) is 9.97 Å². The number of halogens is 3. The van der Waals surface area contributed by atoms with Crippen LogP contribution >= 0.6 is 22.7 Å². The predicted molar refractivity (Wildman–Crippen MR) is 113 cm³/mol. The molecule has 1 N–H and O–H groups in total. The van der Waals surface area contributed by atoms with Crippen LogP contribution in [-0.4, -0.2) is 21.0 Å². The van der Waals surface area contributed by atoms with E-state index in [-0.39, 0.29) is 13.0 Å². The number of aliphatic carboxylic acids is 1. The summed E-state index contributed by atoms with van der Waals surface area (Å²) >= 11 is 2.66. The van der Waals surface area contributed by atoms with Crippen LogP contribution in [0.25, 0.3) is 20.8 Å². The van der Waals surface area contributed by atoms with Crippen LogP contribution in [0.4, 0.5) is 13.2 Å². The highest BCUT2D eigenvalue weighted by Crippen LogP contribution is 2.34. The van der Waals surface area contributed by atoms with Crippen molar-refractivity contribution in [3.05, 3.63) is 63.6 Å². The van der Waals surface area contributed by atoms with Crippen molar-refractivity contribution in [2.45, 2.75) is 26.1 Å². The van der Waals surface area contributed by atoms with E-state index in [0.717, 1.165) is 27.4 Å². The number of aromatic nitrogens is 2. The molecule has 2 aromatic carbocycles. The summed E-state index contributed by atoms with van der Waals surface area (Å²) in [5, 5.41) is 10.1. The summed E-state index contributed by atoms with van der Waals surface area (Å²) in [7, 11) is 0. The van der Waals surface area contributed by atoms with Crippen molar-refractivity contribution in [1.29, 1.82) is 0 Å². The van der Waals surface area contributed by atoms with E-state index >= 15 is 0 Å². The van der Waals surface area contributed by atoms with Gasteiger partial charge < -0.3 is 9.84 Å². The van der Waals surface area contributed by atoms with Crippen molar-refractivity contribution in [2.75, 3.05) is 0 Å². The van der Waals surface area contributed by atoms with E-state index < -0.39 is 17.7 Å². The third kappa shape index (κ3) is 4.70. The van der Waals surface area contributed by atoms with Gasteiger partial charge in [-0.3, -0.25) is 4.79 Å². The van der Waals surface area contributed by atoms with Gasteiger partial charge in [0.1, 0.15) is 27.9 Å². The first-order chi connectivity index (χ1) is 14.7. The Morgan fingerprint density at radius 3 is 2.52 bits per heavy atom. The Balaban J connectivity index is 1.53. The number of ether oxygens (including phenoxy) is 1. The second-order valence-corrected chi connectivity index (χ2v) is 8.87. The SMILES string of the molecule is Cc1nc(-c2ccc(C(F)(F)F)cc2)sc1COc1cccc2sc(CC(=O)O)nc12. The van der Waals surface area contributed by atoms with Crippen LogP contribution in [0.1, 0.15) is 21.1 Å². The molecule has 2 aromatic heterocycles. The molecule has 0 saturated heterocycles. The van der Waals surface area contributed by atoms with Crippen LogP contribution in [-0.2, 0) is 24.0 Å². The van der Waals surface area contributed by atoms with Crippen molar-refractivity contribution in [3.8, 4) is 16.3 Å². The third-order valence-corrected chi connectivity index (χ3v) is 6.64. The van der Waals surface area contributed by atoms with Crippen LogP contribution in [0.5, 0.6) is 5.75 Å². The molecule has 0 radical (unpaired) electrons. The zero-order valence-electron chi connectivity index (χ0n) is 16.1. The Bertz CT molecular complexity index is 1250. The number of para-hydroxylation sites is 1. The van der Waals surface area contributed by atoms with E-state index in [0.29, 0.717) is 26.8 Å². The number of nitrogens with zero attached hydrogens (tertiary/aromatic N) is 2. The van der Waals surface area contributed by atoms with Crippen molar-refractivity contribution in [1.82, 2.24) is 9.97 Å². The first kappa shape index (κ1) is 21.3. The number of rotatable bonds is 6. The van der Waals surface area contributed by atoms with Crippen LogP contribution < -0.4 is 4.74 Å². The maximum atomic E-state index is 12.8. The Morgan fingerprint density at radius 1 is 1.10 bits per heavy atom. The van der Waals surface area contributed by atoms with Gasteiger partial charge in [0.25, 0.3) is 0 Å². The molecule has 0 aliphatic carbocycles. The van der Waals surface area contributed by atoms with Crippen LogP contribution in [0.15, 0.2) is 42.5 Å². The largest absolute Gasteiger partial charge is 0.486 e. The summed E-state index contributed by atoms with van der Waals surface area (Å²) in [5.74, 6) is -0.410. The topological polar surface area (TPSA) is 72.3 Å². The molecule has 0 fully saturated rings. The summed E-state index contributed by atoms with van der Waals surface area (Å²) in [6.45, 7) is 2.03. The number of fused-ring (bicyclic) bond motifs is 1. The molecular formula is C21H15F3N2O3S2. The number of carboxylic acid groups (broad SMARTS) is 1. The summed E-state index contributed by atoms with van der Waals surface area (Å²) in [6.07, 6.45) is -4.53. The number of benzene rings is 2. The zero-order chi connectivity index (χ0) is 22.2. The zero-order valence-corrected chi connectivity index (χ0v) is 17.7. The fraction of sp³-hybridized carbons (Fsp3) is 0.190. The number of hydrogen-bond acceptors (Lipinski definition) is 6. The number of aryl methyl sites for hydroxylation is 1. The maximum absolute atomic E-state index is 12.8. The molecule has 0 aliphatic rings. The van der Waals surface area contributed by atoms with Gasteiger partial charge in [-0.2, -0.15) is 13.2 Å². The lowest BCUT2D eigenvalue weighted by Crippen LogP contribution is -2.03. The summed E-state index contributed by atoms with van der Waals surface area (Å²) in [4.78, 5) is 20.6. The van der Waals surface area contributed by atoms with Gasteiger partial charge in [0.15, 0.2) is 0 Å². The molecule has 4 rings (SSSR count). The van der Waals surface area contributed by atoms with E-state index in [9.17, 15) is 18.0 Å². The minimum Gasteiger partial charge on any atom is -0.486 e. The molecular weight excluding hydrogens is 449 g/mol. The highest BCUT2D eigenvalue weighted by atomic mass is 32.1. The molecule has 0 unspecified atom stereocenters. The van der Waals surface area contributed by atoms with Gasteiger partial charge in [-0.1, -0.05) is 18.2 Å². The Kier molecular flexibility index (Phi) is 5.67. The highest BCUT2D eigenvalue weighted by Gasteiger charge is 2.30. The maximum Gasteiger partial charge on any atom is 0.416 e. The van der Waals surface area contributed by atoms with Crippen molar-refractivity contribution in [3.63, 3.8) is 0 Å². The molecule has 0 aliphatic heterocycles. The summed E-state index contributed by atoms with van der Waals surface area (Å²) < 4.78 is 45.1. The van der Waals surface area contributed by atoms with Gasteiger partial charge in [-0.05, 0) is 31.2 Å². The molecule has 0 bridgehead atoms. The second-order valence-electron chi connectivity index (χ2n) is 6.67. The highest BCUT2D eigenvalue weighted by molar-refractivity contribution is 7.18. The molecule has 2 heterocycles. The average molecular weight is 464 g/mol. The van der Waals surface area contributed by atoms with E-state index in [4.69, 9.17) is 9.84 Å². The first-order valence-corrected chi connectivity index (χ1v) is 10.7. The van der Waals surface area contributed by atoms with Gasteiger partial charge in [0, 0.05) is 5.56 Å². The van der Waals surface area contributed by atoms with Crippen LogP contribution in [0.3, 0.4) is 0 Å². The number of carbonyl (C=O) groups is 1. The Hall–Kier alpha value is -2.98. The number of hydrogen-bond donors (Lipinski definition) is 1. The predicted octanol–water partition coefficient (Wildman–Crippen LogP) is 5.95. The quantitative estimate of drug-likeness (QED) is 0.382. The summed E-state index contributed by atoms with van der Waals surface area (Å²) in [5.41, 5.74) is 1.24. The molecule has 0 amide bonds. The summed E-state index contributed by atoms with van der Waals surface area (Å²) in [6, 6.07) is 10.3.